The predicted octanol–water partition coefficient (Wildman–Crippen LogP) is 13.7. The average Bonchev–Trinajstić information content (AvgIpc) is 3.81. The third kappa shape index (κ3) is 7.84. The molecule has 1 radical (unpaired) electrons. The molecular formula is C50H43IrN3S-2. The van der Waals surface area contributed by atoms with Crippen molar-refractivity contribution in [2.75, 3.05) is 0 Å². The molecule has 0 N–H and O–H groups in total. The second kappa shape index (κ2) is 16.7. The van der Waals surface area contributed by atoms with Gasteiger partial charge >= 0.3 is 0 Å². The average molecular weight is 913 g/mol. The Bertz CT molecular complexity index is 2790. The maximum absolute atomic E-state index is 7.23. The molecule has 0 saturated carbocycles. The van der Waals surface area contributed by atoms with E-state index in [2.05, 4.69) is 152 Å². The van der Waals surface area contributed by atoms with Gasteiger partial charge in [-0.2, -0.15) is 0 Å². The fourth-order valence-corrected chi connectivity index (χ4v) is 8.18. The van der Waals surface area contributed by atoms with Crippen molar-refractivity contribution in [1.29, 1.82) is 0 Å². The minimum Gasteiger partial charge on any atom is -0.360 e. The molecular weight excluding hydrogens is 867 g/mol. The summed E-state index contributed by atoms with van der Waals surface area (Å²) in [4.78, 5) is 9.37. The summed E-state index contributed by atoms with van der Waals surface area (Å²) in [5, 5.41) is 7.40. The topological polar surface area (TPSA) is 30.7 Å². The third-order valence-electron chi connectivity index (χ3n) is 10.0. The molecule has 3 aromatic heterocycles. The molecule has 3 nitrogen and oxygen atoms in total. The van der Waals surface area contributed by atoms with Crippen LogP contribution in [0, 0.1) is 18.3 Å². The molecule has 3 heterocycles. The fourth-order valence-electron chi connectivity index (χ4n) is 7.36. The smallest absolute Gasteiger partial charge is 0.0770 e. The molecule has 9 aromatic rings. The van der Waals surface area contributed by atoms with Crippen molar-refractivity contribution >= 4 is 43.2 Å². The summed E-state index contributed by atoms with van der Waals surface area (Å²) in [5.74, 6) is 1.87. The Labute approximate surface area is 346 Å². The molecule has 6 aromatic carbocycles. The summed E-state index contributed by atoms with van der Waals surface area (Å²) in [6, 6.07) is 51.1. The number of benzene rings is 6. The van der Waals surface area contributed by atoms with E-state index in [0.717, 1.165) is 40.2 Å². The standard InChI is InChI=1S/C38H33N2S.C12H10N.Ir/c1-24(2)28-14-10-15-29(25(3)4)33(28)22-40-36-18-8-7-17-35(36)39-38(40)34-23-41-37-20-19-27(21-32(34)37)31-16-9-12-26-11-5-6-13-30(26)31;1-10-7-8-12(13-9-10)11-5-3-2-4-6-11;/h5-21,24-25H,22H2,1-4H3;2-5,7-9H,1H3;/q2*-1;/i;1D3;. The van der Waals surface area contributed by atoms with Gasteiger partial charge in [-0.05, 0) is 80.7 Å². The minimum atomic E-state index is -2.09. The molecule has 0 aliphatic carbocycles. The van der Waals surface area contributed by atoms with Crippen LogP contribution in [-0.2, 0) is 26.7 Å². The van der Waals surface area contributed by atoms with Crippen LogP contribution in [0.15, 0.2) is 146 Å². The van der Waals surface area contributed by atoms with E-state index in [-0.39, 0.29) is 25.7 Å². The number of nitrogens with zero attached hydrogens (tertiary/aromatic N) is 3. The quantitative estimate of drug-likeness (QED) is 0.149. The number of imidazole rings is 1. The van der Waals surface area contributed by atoms with Crippen LogP contribution < -0.4 is 0 Å². The maximum atomic E-state index is 7.23. The summed E-state index contributed by atoms with van der Waals surface area (Å²) >= 11 is 1.68. The van der Waals surface area contributed by atoms with E-state index in [4.69, 9.17) is 9.10 Å². The maximum Gasteiger partial charge on any atom is 0.0770 e. The molecule has 5 heteroatoms. The van der Waals surface area contributed by atoms with Gasteiger partial charge in [0.25, 0.3) is 0 Å². The Kier molecular flexibility index (Phi) is 10.4. The fraction of sp³-hybridized carbons (Fsp3) is 0.160. The summed E-state index contributed by atoms with van der Waals surface area (Å²) in [6.45, 7) is 7.88. The first kappa shape index (κ1) is 34.3. The Morgan fingerprint density at radius 1 is 0.745 bits per heavy atom. The molecule has 0 saturated heterocycles. The summed E-state index contributed by atoms with van der Waals surface area (Å²) in [5.41, 5.74) is 11.8. The van der Waals surface area contributed by atoms with Gasteiger partial charge in [0.2, 0.25) is 0 Å². The second-order valence-corrected chi connectivity index (χ2v) is 15.1. The van der Waals surface area contributed by atoms with Gasteiger partial charge in [0.05, 0.1) is 16.9 Å². The predicted molar refractivity (Wildman–Crippen MR) is 229 cm³/mol. The molecule has 0 aliphatic rings. The summed E-state index contributed by atoms with van der Waals surface area (Å²) in [7, 11) is 0. The van der Waals surface area contributed by atoms with Crippen LogP contribution in [0.2, 0.25) is 0 Å². The first-order chi connectivity index (χ1) is 27.6. The molecule has 9 rings (SSSR count). The number of thiophene rings is 1. The van der Waals surface area contributed by atoms with Crippen LogP contribution in [0.4, 0.5) is 0 Å². The second-order valence-electron chi connectivity index (χ2n) is 14.3. The van der Waals surface area contributed by atoms with Gasteiger partial charge in [-0.25, -0.2) is 0 Å². The van der Waals surface area contributed by atoms with Gasteiger partial charge in [0, 0.05) is 37.0 Å². The molecule has 55 heavy (non-hydrogen) atoms. The Hall–Kier alpha value is -5.19. The van der Waals surface area contributed by atoms with Crippen LogP contribution in [0.25, 0.3) is 65.7 Å². The monoisotopic (exact) mass is 913 g/mol. The van der Waals surface area contributed by atoms with E-state index in [1.54, 1.807) is 29.5 Å². The van der Waals surface area contributed by atoms with Crippen molar-refractivity contribution in [1.82, 2.24) is 14.5 Å². The molecule has 0 fully saturated rings. The van der Waals surface area contributed by atoms with E-state index < -0.39 is 6.85 Å². The molecule has 0 spiro atoms. The van der Waals surface area contributed by atoms with Gasteiger partial charge in [-0.15, -0.1) is 41.3 Å². The number of hydrogen-bond acceptors (Lipinski definition) is 3. The zero-order chi connectivity index (χ0) is 39.7. The van der Waals surface area contributed by atoms with E-state index in [9.17, 15) is 0 Å². The number of fused-ring (bicyclic) bond motifs is 3. The van der Waals surface area contributed by atoms with E-state index in [1.165, 1.54) is 54.9 Å². The van der Waals surface area contributed by atoms with Crippen LogP contribution in [-0.4, -0.2) is 14.5 Å². The van der Waals surface area contributed by atoms with E-state index in [1.807, 2.05) is 18.2 Å². The van der Waals surface area contributed by atoms with Crippen LogP contribution in [0.5, 0.6) is 0 Å². The SMILES string of the molecule is CC(C)c1cccc(C(C)C)c1Cn1c(-c2[c-]sc3ccc(-c4cccc5ccccc45)cc23)nc2ccccc21.[2H]C([2H])([2H])c1ccc(-c2[c-]cccc2)nc1.[Ir]. The van der Waals surface area contributed by atoms with Gasteiger partial charge in [-0.3, -0.25) is 16.3 Å². The van der Waals surface area contributed by atoms with Crippen LogP contribution in [0.1, 0.15) is 65.9 Å². The number of aromatic nitrogens is 3. The zero-order valence-corrected chi connectivity index (χ0v) is 34.5. The minimum absolute atomic E-state index is 0. The van der Waals surface area contributed by atoms with Crippen molar-refractivity contribution in [3.8, 4) is 33.8 Å². The van der Waals surface area contributed by atoms with Crippen molar-refractivity contribution in [2.24, 2.45) is 0 Å². The molecule has 0 atom stereocenters. The number of pyridine rings is 1. The van der Waals surface area contributed by atoms with Crippen LogP contribution in [0.3, 0.4) is 0 Å². The number of rotatable bonds is 7. The van der Waals surface area contributed by atoms with Gasteiger partial charge in [-0.1, -0.05) is 146 Å². The molecule has 0 bridgehead atoms. The summed E-state index contributed by atoms with van der Waals surface area (Å²) < 4.78 is 25.4. The molecule has 0 amide bonds. The molecule has 0 aliphatic heterocycles. The third-order valence-corrected chi connectivity index (χ3v) is 10.9. The van der Waals surface area contributed by atoms with Crippen molar-refractivity contribution in [3.05, 3.63) is 179 Å². The normalized spacial score (nSPS) is 12.3. The number of hydrogen-bond donors (Lipinski definition) is 0. The number of para-hydroxylation sites is 2. The molecule has 0 unspecified atom stereocenters. The first-order valence-electron chi connectivity index (χ1n) is 20.0. The Morgan fingerprint density at radius 3 is 2.24 bits per heavy atom. The van der Waals surface area contributed by atoms with Gasteiger partial charge < -0.3 is 9.55 Å². The molecule has 275 valence electrons. The Morgan fingerprint density at radius 2 is 1.49 bits per heavy atom. The Balaban J connectivity index is 0.000000254. The van der Waals surface area contributed by atoms with Gasteiger partial charge in [0.1, 0.15) is 0 Å². The van der Waals surface area contributed by atoms with Crippen molar-refractivity contribution in [3.63, 3.8) is 0 Å². The summed E-state index contributed by atoms with van der Waals surface area (Å²) in [6.07, 6.45) is 1.39. The van der Waals surface area contributed by atoms with Gasteiger partial charge in [0.15, 0.2) is 0 Å². The van der Waals surface area contributed by atoms with Crippen LogP contribution >= 0.6 is 11.3 Å². The van der Waals surface area contributed by atoms with Crippen molar-refractivity contribution < 1.29 is 24.2 Å². The zero-order valence-electron chi connectivity index (χ0n) is 34.3. The first-order valence-corrected chi connectivity index (χ1v) is 19.3. The van der Waals surface area contributed by atoms with Crippen molar-refractivity contribution in [2.45, 2.75) is 52.9 Å². The largest absolute Gasteiger partial charge is 0.360 e. The van der Waals surface area contributed by atoms with E-state index in [0.29, 0.717) is 11.8 Å². The number of aryl methyl sites for hydroxylation is 1. The van der Waals surface area contributed by atoms with E-state index >= 15 is 0 Å².